The zero-order chi connectivity index (χ0) is 12.1. The minimum absolute atomic E-state index is 0.0465. The van der Waals surface area contributed by atoms with Crippen molar-refractivity contribution >= 4 is 0 Å². The maximum Gasteiger partial charge on any atom is 0.255 e. The summed E-state index contributed by atoms with van der Waals surface area (Å²) in [5.74, 6) is 4.47. The van der Waals surface area contributed by atoms with Crippen LogP contribution < -0.4 is 16.0 Å². The number of hydrogen-bond donors (Lipinski definition) is 2. The molecule has 1 aromatic carbocycles. The Kier molecular flexibility index (Phi) is 4.57. The smallest absolute Gasteiger partial charge is 0.255 e. The Labute approximate surface area is 91.4 Å². The third kappa shape index (κ3) is 3.11. The third-order valence-electron chi connectivity index (χ3n) is 2.19. The number of ether oxygens (including phenoxy) is 1. The van der Waals surface area contributed by atoms with Gasteiger partial charge < -0.3 is 4.74 Å². The molecule has 0 spiro atoms. The molecule has 16 heavy (non-hydrogen) atoms. The summed E-state index contributed by atoms with van der Waals surface area (Å²) in [6, 6.07) is 2.89. The topological polar surface area (TPSA) is 47.3 Å². The first kappa shape index (κ1) is 12.8. The normalized spacial score (nSPS) is 12.9. The van der Waals surface area contributed by atoms with Crippen molar-refractivity contribution in [3.8, 4) is 5.75 Å². The van der Waals surface area contributed by atoms with E-state index in [2.05, 4.69) is 0 Å². The molecular weight excluding hydrogens is 221 g/mol. The van der Waals surface area contributed by atoms with E-state index in [1.54, 1.807) is 0 Å². The second-order valence-electron chi connectivity index (χ2n) is 3.28. The molecule has 0 saturated heterocycles. The number of methoxy groups -OCH3 is 1. The van der Waals surface area contributed by atoms with Gasteiger partial charge in [-0.2, -0.15) is 0 Å². The molecule has 6 heteroatoms. The Morgan fingerprint density at radius 2 is 2.12 bits per heavy atom. The highest BCUT2D eigenvalue weighted by Crippen LogP contribution is 2.19. The molecule has 1 rings (SSSR count). The molecule has 0 aliphatic heterocycles. The van der Waals surface area contributed by atoms with Crippen LogP contribution in [0.4, 0.5) is 13.2 Å². The fourth-order valence-corrected chi connectivity index (χ4v) is 1.31. The number of hydrazine groups is 1. The van der Waals surface area contributed by atoms with Gasteiger partial charge in [-0.05, 0) is 24.1 Å². The predicted octanol–water partition coefficient (Wildman–Crippen LogP) is 1.47. The van der Waals surface area contributed by atoms with Crippen molar-refractivity contribution in [3.05, 3.63) is 29.6 Å². The van der Waals surface area contributed by atoms with Crippen molar-refractivity contribution in [1.82, 2.24) is 5.43 Å². The number of rotatable bonds is 5. The largest absolute Gasteiger partial charge is 0.494 e. The molecule has 0 radical (unpaired) electrons. The summed E-state index contributed by atoms with van der Waals surface area (Å²) in [7, 11) is 1.33. The molecule has 0 fully saturated rings. The molecule has 0 saturated carbocycles. The van der Waals surface area contributed by atoms with Crippen LogP contribution in [0, 0.1) is 5.82 Å². The molecule has 0 aliphatic rings. The van der Waals surface area contributed by atoms with Crippen LogP contribution in [0.3, 0.4) is 0 Å². The Morgan fingerprint density at radius 1 is 1.44 bits per heavy atom. The summed E-state index contributed by atoms with van der Waals surface area (Å²) in [4.78, 5) is 0. The first-order valence-electron chi connectivity index (χ1n) is 4.65. The lowest BCUT2D eigenvalue weighted by Gasteiger charge is -2.14. The molecule has 0 heterocycles. The van der Waals surface area contributed by atoms with Crippen molar-refractivity contribution in [2.75, 3.05) is 7.11 Å². The van der Waals surface area contributed by atoms with Gasteiger partial charge in [0.15, 0.2) is 11.6 Å². The van der Waals surface area contributed by atoms with Crippen molar-refractivity contribution < 1.29 is 17.9 Å². The van der Waals surface area contributed by atoms with Crippen molar-refractivity contribution in [1.29, 1.82) is 0 Å². The standard InChI is InChI=1S/C10H13F3N2O/c1-16-9-3-2-6(4-7(9)11)5-8(15-14)10(12)13/h2-4,8,10,15H,5,14H2,1H3. The SMILES string of the molecule is COc1ccc(CC(NN)C(F)F)cc1F. The van der Waals surface area contributed by atoms with Crippen LogP contribution in [0.5, 0.6) is 5.75 Å². The molecule has 1 aromatic rings. The average molecular weight is 234 g/mol. The number of nitrogens with one attached hydrogen (secondary N) is 1. The first-order chi connectivity index (χ1) is 7.58. The van der Waals surface area contributed by atoms with E-state index in [0.29, 0.717) is 5.56 Å². The number of halogens is 3. The van der Waals surface area contributed by atoms with Crippen LogP contribution in [0.2, 0.25) is 0 Å². The van der Waals surface area contributed by atoms with Gasteiger partial charge >= 0.3 is 0 Å². The summed E-state index contributed by atoms with van der Waals surface area (Å²) < 4.78 is 42.7. The summed E-state index contributed by atoms with van der Waals surface area (Å²) in [6.45, 7) is 0. The highest BCUT2D eigenvalue weighted by Gasteiger charge is 2.19. The van der Waals surface area contributed by atoms with Gasteiger partial charge in [0.2, 0.25) is 0 Å². The summed E-state index contributed by atoms with van der Waals surface area (Å²) in [6.07, 6.45) is -2.65. The minimum Gasteiger partial charge on any atom is -0.494 e. The van der Waals surface area contributed by atoms with Gasteiger partial charge in [-0.1, -0.05) is 6.07 Å². The van der Waals surface area contributed by atoms with Gasteiger partial charge in [0.25, 0.3) is 6.43 Å². The zero-order valence-corrected chi connectivity index (χ0v) is 8.71. The maximum absolute atomic E-state index is 13.2. The van der Waals surface area contributed by atoms with E-state index in [0.717, 1.165) is 6.07 Å². The Morgan fingerprint density at radius 3 is 2.56 bits per heavy atom. The molecule has 3 nitrogen and oxygen atoms in total. The van der Waals surface area contributed by atoms with Crippen LogP contribution in [-0.4, -0.2) is 19.6 Å². The molecule has 0 aliphatic carbocycles. The lowest BCUT2D eigenvalue weighted by atomic mass is 10.1. The monoisotopic (exact) mass is 234 g/mol. The lowest BCUT2D eigenvalue weighted by molar-refractivity contribution is 0.0984. The Bertz CT molecular complexity index is 347. The predicted molar refractivity (Wildman–Crippen MR) is 53.8 cm³/mol. The van der Waals surface area contributed by atoms with Crippen LogP contribution in [-0.2, 0) is 6.42 Å². The minimum atomic E-state index is -2.60. The Balaban J connectivity index is 2.78. The fourth-order valence-electron chi connectivity index (χ4n) is 1.31. The van der Waals surface area contributed by atoms with Gasteiger partial charge in [-0.3, -0.25) is 11.3 Å². The van der Waals surface area contributed by atoms with Gasteiger partial charge in [0.1, 0.15) is 0 Å². The average Bonchev–Trinajstić information content (AvgIpc) is 2.25. The number of alkyl halides is 2. The fraction of sp³-hybridized carbons (Fsp3) is 0.400. The molecule has 1 unspecified atom stereocenters. The molecule has 0 bridgehead atoms. The number of benzene rings is 1. The van der Waals surface area contributed by atoms with Crippen molar-refractivity contribution in [3.63, 3.8) is 0 Å². The van der Waals surface area contributed by atoms with E-state index in [1.165, 1.54) is 19.2 Å². The second-order valence-corrected chi connectivity index (χ2v) is 3.28. The molecule has 0 aromatic heterocycles. The molecule has 0 amide bonds. The third-order valence-corrected chi connectivity index (χ3v) is 2.19. The van der Waals surface area contributed by atoms with E-state index in [-0.39, 0.29) is 12.2 Å². The van der Waals surface area contributed by atoms with Gasteiger partial charge in [-0.25, -0.2) is 13.2 Å². The maximum atomic E-state index is 13.2. The first-order valence-corrected chi connectivity index (χ1v) is 4.65. The quantitative estimate of drug-likeness (QED) is 0.599. The molecule has 90 valence electrons. The van der Waals surface area contributed by atoms with Gasteiger partial charge in [-0.15, -0.1) is 0 Å². The lowest BCUT2D eigenvalue weighted by Crippen LogP contribution is -2.42. The van der Waals surface area contributed by atoms with Gasteiger partial charge in [0.05, 0.1) is 13.2 Å². The highest BCUT2D eigenvalue weighted by molar-refractivity contribution is 5.29. The van der Waals surface area contributed by atoms with Crippen LogP contribution >= 0.6 is 0 Å². The summed E-state index contributed by atoms with van der Waals surface area (Å²) in [5, 5.41) is 0. The second kappa shape index (κ2) is 5.72. The van der Waals surface area contributed by atoms with Crippen molar-refractivity contribution in [2.24, 2.45) is 5.84 Å². The number of nitrogens with two attached hydrogens (primary N) is 1. The van der Waals surface area contributed by atoms with E-state index in [4.69, 9.17) is 10.6 Å². The van der Waals surface area contributed by atoms with Crippen LogP contribution in [0.25, 0.3) is 0 Å². The van der Waals surface area contributed by atoms with Crippen LogP contribution in [0.15, 0.2) is 18.2 Å². The molecule has 3 N–H and O–H groups in total. The van der Waals surface area contributed by atoms with Crippen LogP contribution in [0.1, 0.15) is 5.56 Å². The number of hydrogen-bond acceptors (Lipinski definition) is 3. The van der Waals surface area contributed by atoms with E-state index in [1.807, 2.05) is 5.43 Å². The summed E-state index contributed by atoms with van der Waals surface area (Å²) >= 11 is 0. The van der Waals surface area contributed by atoms with Crippen molar-refractivity contribution in [2.45, 2.75) is 18.9 Å². The Hall–Kier alpha value is -1.27. The summed E-state index contributed by atoms with van der Waals surface area (Å²) in [5.41, 5.74) is 2.43. The highest BCUT2D eigenvalue weighted by atomic mass is 19.3. The zero-order valence-electron chi connectivity index (χ0n) is 8.71. The van der Waals surface area contributed by atoms with E-state index >= 15 is 0 Å². The van der Waals surface area contributed by atoms with Gasteiger partial charge in [0, 0.05) is 0 Å². The molecule has 1 atom stereocenters. The van der Waals surface area contributed by atoms with E-state index < -0.39 is 18.3 Å². The van der Waals surface area contributed by atoms with E-state index in [9.17, 15) is 13.2 Å². The molecular formula is C10H13F3N2O.